The Morgan fingerprint density at radius 2 is 2.08 bits per heavy atom. The Hall–Kier alpha value is -2.54. The van der Waals surface area contributed by atoms with Crippen LogP contribution in [0, 0.1) is 6.92 Å². The molecule has 3 heterocycles. The fourth-order valence-electron chi connectivity index (χ4n) is 3.28. The molecule has 1 atom stereocenters. The fraction of sp³-hybridized carbons (Fsp3) is 0.412. The Kier molecular flexibility index (Phi) is 4.08. The van der Waals surface area contributed by atoms with E-state index in [1.807, 2.05) is 35.9 Å². The lowest BCUT2D eigenvalue weighted by Crippen LogP contribution is -2.25. The van der Waals surface area contributed by atoms with E-state index in [-0.39, 0.29) is 6.04 Å². The van der Waals surface area contributed by atoms with Crippen molar-refractivity contribution < 1.29 is 4.52 Å². The van der Waals surface area contributed by atoms with E-state index >= 15 is 0 Å². The molecule has 0 saturated carbocycles. The smallest absolute Gasteiger partial charge is 0.165 e. The van der Waals surface area contributed by atoms with Crippen molar-refractivity contribution in [3.8, 4) is 0 Å². The normalized spacial score (nSPS) is 18.3. The molecule has 0 bridgehead atoms. The monoisotopic (exact) mass is 324 g/mol. The van der Waals surface area contributed by atoms with Crippen LogP contribution in [0.2, 0.25) is 0 Å². The van der Waals surface area contributed by atoms with Crippen LogP contribution < -0.4 is 0 Å². The van der Waals surface area contributed by atoms with Crippen LogP contribution >= 0.6 is 0 Å². The maximum absolute atomic E-state index is 5.47. The van der Waals surface area contributed by atoms with Gasteiger partial charge in [0.25, 0.3) is 0 Å². The zero-order chi connectivity index (χ0) is 16.4. The second kappa shape index (κ2) is 6.52. The first kappa shape index (κ1) is 15.0. The van der Waals surface area contributed by atoms with E-state index in [0.717, 1.165) is 36.7 Å². The SMILES string of the molecule is Cc1cc([C@@H]2CCCN2Cc2nnnn2Cc2ccccc2)on1. The van der Waals surface area contributed by atoms with Crippen molar-refractivity contribution in [2.24, 2.45) is 0 Å². The van der Waals surface area contributed by atoms with Crippen molar-refractivity contribution in [1.29, 1.82) is 0 Å². The summed E-state index contributed by atoms with van der Waals surface area (Å²) in [4.78, 5) is 2.37. The Balaban J connectivity index is 1.50. The highest BCUT2D eigenvalue weighted by Crippen LogP contribution is 2.33. The van der Waals surface area contributed by atoms with Crippen LogP contribution in [0.4, 0.5) is 0 Å². The van der Waals surface area contributed by atoms with Crippen LogP contribution in [0.1, 0.15) is 41.7 Å². The highest BCUT2D eigenvalue weighted by molar-refractivity contribution is 5.15. The van der Waals surface area contributed by atoms with Crippen LogP contribution in [-0.4, -0.2) is 36.8 Å². The molecule has 0 unspecified atom stereocenters. The van der Waals surface area contributed by atoms with Crippen molar-refractivity contribution in [3.63, 3.8) is 0 Å². The molecule has 0 amide bonds. The average molecular weight is 324 g/mol. The maximum atomic E-state index is 5.47. The Morgan fingerprint density at radius 1 is 1.21 bits per heavy atom. The average Bonchev–Trinajstić information content (AvgIpc) is 3.31. The summed E-state index contributed by atoms with van der Waals surface area (Å²) in [5.41, 5.74) is 2.11. The summed E-state index contributed by atoms with van der Waals surface area (Å²) in [5.74, 6) is 1.81. The van der Waals surface area contributed by atoms with Crippen molar-refractivity contribution in [2.75, 3.05) is 6.54 Å². The zero-order valence-electron chi connectivity index (χ0n) is 13.7. The third-order valence-electron chi connectivity index (χ3n) is 4.46. The maximum Gasteiger partial charge on any atom is 0.165 e. The number of hydrogen-bond donors (Lipinski definition) is 0. The lowest BCUT2D eigenvalue weighted by atomic mass is 10.1. The van der Waals surface area contributed by atoms with Crippen LogP contribution in [0.25, 0.3) is 0 Å². The summed E-state index contributed by atoms with van der Waals surface area (Å²) in [6.45, 7) is 4.36. The molecule has 2 aromatic heterocycles. The van der Waals surface area contributed by atoms with Crippen LogP contribution in [0.3, 0.4) is 0 Å². The van der Waals surface area contributed by atoms with E-state index in [1.165, 1.54) is 5.56 Å². The molecule has 1 aromatic carbocycles. The summed E-state index contributed by atoms with van der Waals surface area (Å²) in [5, 5.41) is 16.3. The van der Waals surface area contributed by atoms with E-state index in [4.69, 9.17) is 4.52 Å². The number of tetrazole rings is 1. The predicted molar refractivity (Wildman–Crippen MR) is 87.0 cm³/mol. The molecule has 24 heavy (non-hydrogen) atoms. The fourth-order valence-corrected chi connectivity index (χ4v) is 3.28. The Labute approximate surface area is 140 Å². The molecule has 1 aliphatic rings. The number of likely N-dealkylation sites (tertiary alicyclic amines) is 1. The van der Waals surface area contributed by atoms with Gasteiger partial charge >= 0.3 is 0 Å². The third kappa shape index (κ3) is 3.07. The van der Waals surface area contributed by atoms with E-state index in [0.29, 0.717) is 13.1 Å². The van der Waals surface area contributed by atoms with Crippen LogP contribution in [0.15, 0.2) is 40.9 Å². The first-order valence-corrected chi connectivity index (χ1v) is 8.26. The number of rotatable bonds is 5. The minimum Gasteiger partial charge on any atom is -0.359 e. The molecule has 3 aromatic rings. The second-order valence-electron chi connectivity index (χ2n) is 6.24. The molecule has 0 aliphatic carbocycles. The lowest BCUT2D eigenvalue weighted by molar-refractivity contribution is 0.199. The number of nitrogens with zero attached hydrogens (tertiary/aromatic N) is 6. The molecule has 1 fully saturated rings. The van der Waals surface area contributed by atoms with Gasteiger partial charge in [-0.05, 0) is 42.3 Å². The summed E-state index contributed by atoms with van der Waals surface area (Å²) in [6, 6.07) is 12.5. The van der Waals surface area contributed by atoms with Gasteiger partial charge in [-0.25, -0.2) is 4.68 Å². The van der Waals surface area contributed by atoms with Crippen molar-refractivity contribution in [3.05, 3.63) is 59.2 Å². The molecule has 7 nitrogen and oxygen atoms in total. The van der Waals surface area contributed by atoms with Crippen molar-refractivity contribution >= 4 is 0 Å². The van der Waals surface area contributed by atoms with Gasteiger partial charge in [0.05, 0.1) is 24.8 Å². The highest BCUT2D eigenvalue weighted by atomic mass is 16.5. The molecule has 7 heteroatoms. The topological polar surface area (TPSA) is 72.9 Å². The van der Waals surface area contributed by atoms with Gasteiger partial charge in [0.1, 0.15) is 0 Å². The van der Waals surface area contributed by atoms with Crippen molar-refractivity contribution in [2.45, 2.75) is 38.9 Å². The molecule has 4 rings (SSSR count). The second-order valence-corrected chi connectivity index (χ2v) is 6.24. The first-order chi connectivity index (χ1) is 11.8. The van der Waals surface area contributed by atoms with E-state index < -0.39 is 0 Å². The minimum absolute atomic E-state index is 0.257. The molecular formula is C17H20N6O. The van der Waals surface area contributed by atoms with Gasteiger partial charge < -0.3 is 4.52 Å². The summed E-state index contributed by atoms with van der Waals surface area (Å²) < 4.78 is 7.34. The van der Waals surface area contributed by atoms with Gasteiger partial charge in [0, 0.05) is 6.07 Å². The molecule has 0 radical (unpaired) electrons. The largest absolute Gasteiger partial charge is 0.359 e. The molecule has 0 spiro atoms. The van der Waals surface area contributed by atoms with E-state index in [2.05, 4.69) is 37.7 Å². The zero-order valence-corrected chi connectivity index (χ0v) is 13.7. The molecule has 0 N–H and O–H groups in total. The number of aryl methyl sites for hydroxylation is 1. The number of benzene rings is 1. The Morgan fingerprint density at radius 3 is 2.88 bits per heavy atom. The number of hydrogen-bond acceptors (Lipinski definition) is 6. The highest BCUT2D eigenvalue weighted by Gasteiger charge is 2.30. The standard InChI is InChI=1S/C17H20N6O/c1-13-10-16(24-19-13)15-8-5-9-22(15)12-17-18-20-21-23(17)11-14-6-3-2-4-7-14/h2-4,6-7,10,15H,5,8-9,11-12H2,1H3/t15-/m0/s1. The quantitative estimate of drug-likeness (QED) is 0.717. The van der Waals surface area contributed by atoms with Crippen LogP contribution in [0.5, 0.6) is 0 Å². The van der Waals surface area contributed by atoms with Gasteiger partial charge in [0.15, 0.2) is 11.6 Å². The van der Waals surface area contributed by atoms with E-state index in [1.54, 1.807) is 0 Å². The van der Waals surface area contributed by atoms with Gasteiger partial charge in [-0.3, -0.25) is 4.90 Å². The molecule has 124 valence electrons. The number of aromatic nitrogens is 5. The predicted octanol–water partition coefficient (Wildman–Crippen LogP) is 2.35. The first-order valence-electron chi connectivity index (χ1n) is 8.26. The summed E-state index contributed by atoms with van der Waals surface area (Å²) in [6.07, 6.45) is 2.22. The van der Waals surface area contributed by atoms with Crippen molar-refractivity contribution in [1.82, 2.24) is 30.3 Å². The van der Waals surface area contributed by atoms with Crippen LogP contribution in [-0.2, 0) is 13.1 Å². The summed E-state index contributed by atoms with van der Waals surface area (Å²) >= 11 is 0. The van der Waals surface area contributed by atoms with Gasteiger partial charge in [-0.1, -0.05) is 35.5 Å². The molecular weight excluding hydrogens is 304 g/mol. The Bertz CT molecular complexity index is 796. The van der Waals surface area contributed by atoms with Gasteiger partial charge in [-0.15, -0.1) is 5.10 Å². The molecule has 1 aliphatic heterocycles. The van der Waals surface area contributed by atoms with E-state index in [9.17, 15) is 0 Å². The minimum atomic E-state index is 0.257. The molecule has 1 saturated heterocycles. The van der Waals surface area contributed by atoms with Gasteiger partial charge in [-0.2, -0.15) is 0 Å². The van der Waals surface area contributed by atoms with Gasteiger partial charge in [0.2, 0.25) is 0 Å². The summed E-state index contributed by atoms with van der Waals surface area (Å²) in [7, 11) is 0. The third-order valence-corrected chi connectivity index (χ3v) is 4.46. The lowest BCUT2D eigenvalue weighted by Gasteiger charge is -2.21.